The molecule has 1 atom stereocenters. The summed E-state index contributed by atoms with van der Waals surface area (Å²) in [5.74, 6) is 0.916. The number of rotatable bonds is 2. The van der Waals surface area contributed by atoms with Gasteiger partial charge >= 0.3 is 6.09 Å². The summed E-state index contributed by atoms with van der Waals surface area (Å²) in [7, 11) is 2.03. The Morgan fingerprint density at radius 2 is 2.18 bits per heavy atom. The minimum absolute atomic E-state index is 0.227. The molecule has 1 saturated heterocycles. The lowest BCUT2D eigenvalue weighted by Crippen LogP contribution is -2.50. The number of aromatic nitrogens is 1. The number of pyridine rings is 1. The quantitative estimate of drug-likeness (QED) is 0.797. The summed E-state index contributed by atoms with van der Waals surface area (Å²) in [4.78, 5) is 20.6. The normalized spacial score (nSPS) is 19.0. The van der Waals surface area contributed by atoms with Crippen LogP contribution < -0.4 is 4.90 Å². The summed E-state index contributed by atoms with van der Waals surface area (Å²) >= 11 is 3.40. The fraction of sp³-hybridized carbons (Fsp3) is 0.625. The molecular formula is C16H24BrN3O2. The van der Waals surface area contributed by atoms with E-state index in [1.165, 1.54) is 0 Å². The molecule has 122 valence electrons. The Kier molecular flexibility index (Phi) is 5.32. The monoisotopic (exact) mass is 369 g/mol. The predicted molar refractivity (Wildman–Crippen MR) is 91.2 cm³/mol. The predicted octanol–water partition coefficient (Wildman–Crippen LogP) is 3.68. The molecule has 5 nitrogen and oxygen atoms in total. The minimum atomic E-state index is -0.455. The van der Waals surface area contributed by atoms with Gasteiger partial charge in [0, 0.05) is 36.8 Å². The lowest BCUT2D eigenvalue weighted by Gasteiger charge is -2.38. The van der Waals surface area contributed by atoms with E-state index < -0.39 is 5.60 Å². The first kappa shape index (κ1) is 17.1. The van der Waals surface area contributed by atoms with Crippen LogP contribution in [0.4, 0.5) is 10.6 Å². The molecule has 1 aromatic rings. The van der Waals surface area contributed by atoms with Gasteiger partial charge in [0.25, 0.3) is 0 Å². The first-order valence-corrected chi connectivity index (χ1v) is 8.38. The average Bonchev–Trinajstić information content (AvgIpc) is 2.46. The Balaban J connectivity index is 2.00. The molecule has 0 saturated carbocycles. The summed E-state index contributed by atoms with van der Waals surface area (Å²) in [6.07, 6.45) is 3.59. The van der Waals surface area contributed by atoms with Crippen LogP contribution in [0.15, 0.2) is 22.8 Å². The highest BCUT2D eigenvalue weighted by Gasteiger charge is 2.29. The van der Waals surface area contributed by atoms with Crippen LogP contribution in [-0.2, 0) is 4.74 Å². The van der Waals surface area contributed by atoms with Crippen molar-refractivity contribution in [3.63, 3.8) is 0 Å². The van der Waals surface area contributed by atoms with E-state index in [2.05, 4.69) is 25.8 Å². The molecular weight excluding hydrogens is 346 g/mol. The van der Waals surface area contributed by atoms with Crippen LogP contribution in [-0.4, -0.2) is 47.8 Å². The van der Waals surface area contributed by atoms with Crippen LogP contribution >= 0.6 is 15.9 Å². The summed E-state index contributed by atoms with van der Waals surface area (Å²) in [5.41, 5.74) is -0.455. The Morgan fingerprint density at radius 3 is 2.77 bits per heavy atom. The molecule has 1 amide bonds. The number of hydrogen-bond donors (Lipinski definition) is 0. The molecule has 2 heterocycles. The molecule has 0 unspecified atom stereocenters. The molecule has 0 bridgehead atoms. The highest BCUT2D eigenvalue weighted by atomic mass is 79.9. The van der Waals surface area contributed by atoms with Gasteiger partial charge in [0.15, 0.2) is 0 Å². The molecule has 0 spiro atoms. The number of hydrogen-bond acceptors (Lipinski definition) is 4. The van der Waals surface area contributed by atoms with Gasteiger partial charge in [0.1, 0.15) is 11.4 Å². The molecule has 2 rings (SSSR count). The third-order valence-electron chi connectivity index (χ3n) is 3.67. The van der Waals surface area contributed by atoms with Gasteiger partial charge in [-0.1, -0.05) is 0 Å². The average molecular weight is 370 g/mol. The molecule has 0 N–H and O–H groups in total. The first-order chi connectivity index (χ1) is 10.3. The third-order valence-corrected chi connectivity index (χ3v) is 4.14. The topological polar surface area (TPSA) is 45.7 Å². The van der Waals surface area contributed by atoms with Gasteiger partial charge in [-0.25, -0.2) is 9.78 Å². The van der Waals surface area contributed by atoms with Crippen LogP contribution in [0.5, 0.6) is 0 Å². The minimum Gasteiger partial charge on any atom is -0.444 e. The number of halogens is 1. The van der Waals surface area contributed by atoms with Gasteiger partial charge in [-0.3, -0.25) is 0 Å². The highest BCUT2D eigenvalue weighted by Crippen LogP contribution is 2.22. The molecule has 1 fully saturated rings. The van der Waals surface area contributed by atoms with E-state index in [1.807, 2.05) is 40.0 Å². The third kappa shape index (κ3) is 4.60. The van der Waals surface area contributed by atoms with Gasteiger partial charge in [-0.05, 0) is 61.7 Å². The van der Waals surface area contributed by atoms with Crippen molar-refractivity contribution in [3.8, 4) is 0 Å². The van der Waals surface area contributed by atoms with E-state index in [9.17, 15) is 4.79 Å². The molecule has 1 aromatic heterocycles. The number of carbonyl (C=O) groups excluding carboxylic acids is 1. The first-order valence-electron chi connectivity index (χ1n) is 7.58. The number of likely N-dealkylation sites (N-methyl/N-ethyl adjacent to an activating group) is 1. The van der Waals surface area contributed by atoms with E-state index in [4.69, 9.17) is 4.74 Å². The van der Waals surface area contributed by atoms with Crippen molar-refractivity contribution in [2.75, 3.05) is 25.0 Å². The number of carbonyl (C=O) groups is 1. The van der Waals surface area contributed by atoms with E-state index in [-0.39, 0.29) is 12.1 Å². The van der Waals surface area contributed by atoms with Crippen molar-refractivity contribution < 1.29 is 9.53 Å². The number of ether oxygens (including phenoxy) is 1. The Morgan fingerprint density at radius 1 is 1.45 bits per heavy atom. The van der Waals surface area contributed by atoms with Crippen LogP contribution in [0.2, 0.25) is 0 Å². The SMILES string of the molecule is CN(c1ccc(Br)cn1)[C@@H]1CCCN(C(=O)OC(C)(C)C)C1. The molecule has 6 heteroatoms. The zero-order valence-electron chi connectivity index (χ0n) is 13.7. The van der Waals surface area contributed by atoms with Crippen molar-refractivity contribution >= 4 is 27.8 Å². The number of anilines is 1. The van der Waals surface area contributed by atoms with Crippen LogP contribution in [0, 0.1) is 0 Å². The van der Waals surface area contributed by atoms with Crippen molar-refractivity contribution in [1.29, 1.82) is 0 Å². The van der Waals surface area contributed by atoms with Crippen molar-refractivity contribution in [2.45, 2.75) is 45.3 Å². The maximum absolute atomic E-state index is 12.2. The van der Waals surface area contributed by atoms with Gasteiger partial charge in [0.05, 0.1) is 0 Å². The lowest BCUT2D eigenvalue weighted by molar-refractivity contribution is 0.0199. The van der Waals surface area contributed by atoms with Gasteiger partial charge < -0.3 is 14.5 Å². The highest BCUT2D eigenvalue weighted by molar-refractivity contribution is 9.10. The van der Waals surface area contributed by atoms with E-state index in [0.717, 1.165) is 29.7 Å². The molecule has 22 heavy (non-hydrogen) atoms. The number of nitrogens with zero attached hydrogens (tertiary/aromatic N) is 3. The molecule has 0 aromatic carbocycles. The Bertz CT molecular complexity index is 513. The second kappa shape index (κ2) is 6.86. The second-order valence-electron chi connectivity index (χ2n) is 6.67. The van der Waals surface area contributed by atoms with Gasteiger partial charge in [-0.2, -0.15) is 0 Å². The van der Waals surface area contributed by atoms with Crippen molar-refractivity contribution in [3.05, 3.63) is 22.8 Å². The molecule has 1 aliphatic heterocycles. The Labute approximate surface area is 140 Å². The standard InChI is InChI=1S/C16H24BrN3O2/c1-16(2,3)22-15(21)20-9-5-6-13(11-20)19(4)14-8-7-12(17)10-18-14/h7-8,10,13H,5-6,9,11H2,1-4H3/t13-/m1/s1. The number of piperidine rings is 1. The van der Waals surface area contributed by atoms with Crippen molar-refractivity contribution in [1.82, 2.24) is 9.88 Å². The van der Waals surface area contributed by atoms with Crippen LogP contribution in [0.1, 0.15) is 33.6 Å². The Hall–Kier alpha value is -1.30. The molecule has 0 aliphatic carbocycles. The van der Waals surface area contributed by atoms with Crippen LogP contribution in [0.25, 0.3) is 0 Å². The van der Waals surface area contributed by atoms with E-state index in [0.29, 0.717) is 6.54 Å². The largest absolute Gasteiger partial charge is 0.444 e. The number of amides is 1. The molecule has 1 aliphatic rings. The van der Waals surface area contributed by atoms with Gasteiger partial charge in [-0.15, -0.1) is 0 Å². The zero-order valence-corrected chi connectivity index (χ0v) is 15.3. The fourth-order valence-corrected chi connectivity index (χ4v) is 2.76. The molecule has 0 radical (unpaired) electrons. The smallest absolute Gasteiger partial charge is 0.410 e. The van der Waals surface area contributed by atoms with E-state index in [1.54, 1.807) is 11.1 Å². The fourth-order valence-electron chi connectivity index (χ4n) is 2.53. The summed E-state index contributed by atoms with van der Waals surface area (Å²) in [5, 5.41) is 0. The summed E-state index contributed by atoms with van der Waals surface area (Å²) in [6.45, 7) is 7.11. The second-order valence-corrected chi connectivity index (χ2v) is 7.58. The lowest BCUT2D eigenvalue weighted by atomic mass is 10.0. The zero-order chi connectivity index (χ0) is 16.3. The maximum atomic E-state index is 12.2. The van der Waals surface area contributed by atoms with Crippen molar-refractivity contribution in [2.24, 2.45) is 0 Å². The van der Waals surface area contributed by atoms with Crippen LogP contribution in [0.3, 0.4) is 0 Å². The van der Waals surface area contributed by atoms with E-state index >= 15 is 0 Å². The number of likely N-dealkylation sites (tertiary alicyclic amines) is 1. The maximum Gasteiger partial charge on any atom is 0.410 e. The summed E-state index contributed by atoms with van der Waals surface area (Å²) in [6, 6.07) is 4.22. The summed E-state index contributed by atoms with van der Waals surface area (Å²) < 4.78 is 6.44. The van der Waals surface area contributed by atoms with Gasteiger partial charge in [0.2, 0.25) is 0 Å².